The van der Waals surface area contributed by atoms with Crippen LogP contribution in [0.15, 0.2) is 43.0 Å². The molecule has 1 heterocycles. The largest absolute Gasteiger partial charge is 0.491 e. The summed E-state index contributed by atoms with van der Waals surface area (Å²) in [6.45, 7) is -0.0384. The van der Waals surface area contributed by atoms with Crippen molar-refractivity contribution >= 4 is 0 Å². The topological polar surface area (TPSA) is 27.1 Å². The van der Waals surface area contributed by atoms with Crippen molar-refractivity contribution in [3.63, 3.8) is 0 Å². The van der Waals surface area contributed by atoms with Gasteiger partial charge in [-0.25, -0.2) is 22.5 Å². The molecule has 0 fully saturated rings. The zero-order chi connectivity index (χ0) is 17.3. The Morgan fingerprint density at radius 1 is 0.917 bits per heavy atom. The van der Waals surface area contributed by atoms with Gasteiger partial charge in [-0.15, -0.1) is 0 Å². The molecule has 0 aliphatic rings. The summed E-state index contributed by atoms with van der Waals surface area (Å²) < 4.78 is 62.1. The van der Waals surface area contributed by atoms with Crippen LogP contribution in [0, 0.1) is 23.3 Å². The quantitative estimate of drug-likeness (QED) is 0.669. The first-order valence-electron chi connectivity index (χ1n) is 6.96. The summed E-state index contributed by atoms with van der Waals surface area (Å²) in [6, 6.07) is 4.00. The SMILES string of the molecule is COc1c(F)cc(-c2cc(F)c(Cn3ccnc3)c(F)c2)cc1F. The second-order valence-electron chi connectivity index (χ2n) is 5.13. The van der Waals surface area contributed by atoms with Crippen molar-refractivity contribution in [1.82, 2.24) is 9.55 Å². The first kappa shape index (κ1) is 16.0. The molecule has 2 aromatic carbocycles. The molecule has 0 spiro atoms. The fourth-order valence-electron chi connectivity index (χ4n) is 2.41. The first-order valence-corrected chi connectivity index (χ1v) is 6.96. The van der Waals surface area contributed by atoms with Gasteiger partial charge in [0, 0.05) is 18.0 Å². The number of rotatable bonds is 4. The van der Waals surface area contributed by atoms with Gasteiger partial charge in [-0.1, -0.05) is 0 Å². The Bertz CT molecular complexity index is 832. The molecule has 3 rings (SSSR count). The fraction of sp³-hybridized carbons (Fsp3) is 0.118. The lowest BCUT2D eigenvalue weighted by atomic mass is 10.0. The van der Waals surface area contributed by atoms with E-state index in [1.807, 2.05) is 0 Å². The van der Waals surface area contributed by atoms with Gasteiger partial charge in [-0.05, 0) is 35.4 Å². The van der Waals surface area contributed by atoms with Crippen molar-refractivity contribution in [2.45, 2.75) is 6.54 Å². The lowest BCUT2D eigenvalue weighted by Crippen LogP contribution is -2.03. The van der Waals surface area contributed by atoms with Crippen molar-refractivity contribution < 1.29 is 22.3 Å². The summed E-state index contributed by atoms with van der Waals surface area (Å²) in [5, 5.41) is 0. The molecule has 3 nitrogen and oxygen atoms in total. The molecule has 3 aromatic rings. The van der Waals surface area contributed by atoms with E-state index in [2.05, 4.69) is 9.72 Å². The van der Waals surface area contributed by atoms with Crippen molar-refractivity contribution in [3.8, 4) is 16.9 Å². The van der Waals surface area contributed by atoms with Gasteiger partial charge in [0.1, 0.15) is 11.6 Å². The van der Waals surface area contributed by atoms with E-state index in [1.54, 1.807) is 6.20 Å². The molecule has 0 saturated carbocycles. The summed E-state index contributed by atoms with van der Waals surface area (Å²) in [4.78, 5) is 3.80. The molecule has 7 heteroatoms. The van der Waals surface area contributed by atoms with Gasteiger partial charge in [-0.3, -0.25) is 0 Å². The smallest absolute Gasteiger partial charge is 0.190 e. The summed E-state index contributed by atoms with van der Waals surface area (Å²) in [6.07, 6.45) is 4.50. The summed E-state index contributed by atoms with van der Waals surface area (Å²) in [5.74, 6) is -4.06. The zero-order valence-electron chi connectivity index (χ0n) is 12.6. The molecule has 0 N–H and O–H groups in total. The summed E-state index contributed by atoms with van der Waals surface area (Å²) >= 11 is 0. The van der Waals surface area contributed by atoms with Crippen LogP contribution < -0.4 is 4.74 Å². The van der Waals surface area contributed by atoms with Gasteiger partial charge in [0.25, 0.3) is 0 Å². The van der Waals surface area contributed by atoms with Gasteiger partial charge in [0.15, 0.2) is 17.4 Å². The van der Waals surface area contributed by atoms with Crippen LogP contribution in [0.1, 0.15) is 5.56 Å². The van der Waals surface area contributed by atoms with Crippen LogP contribution in [-0.4, -0.2) is 16.7 Å². The van der Waals surface area contributed by atoms with Crippen LogP contribution in [0.5, 0.6) is 5.75 Å². The highest BCUT2D eigenvalue weighted by Crippen LogP contribution is 2.30. The van der Waals surface area contributed by atoms with Gasteiger partial charge in [0.05, 0.1) is 20.0 Å². The maximum Gasteiger partial charge on any atom is 0.190 e. The second-order valence-corrected chi connectivity index (χ2v) is 5.13. The second kappa shape index (κ2) is 6.35. The Hall–Kier alpha value is -2.83. The van der Waals surface area contributed by atoms with Crippen LogP contribution in [-0.2, 0) is 6.54 Å². The minimum Gasteiger partial charge on any atom is -0.491 e. The van der Waals surface area contributed by atoms with Crippen molar-refractivity contribution in [2.24, 2.45) is 0 Å². The van der Waals surface area contributed by atoms with Crippen molar-refractivity contribution in [1.29, 1.82) is 0 Å². The Kier molecular flexibility index (Phi) is 4.24. The average Bonchev–Trinajstić information content (AvgIpc) is 3.03. The van der Waals surface area contributed by atoms with Crippen molar-refractivity contribution in [2.75, 3.05) is 7.11 Å². The number of aromatic nitrogens is 2. The normalized spacial score (nSPS) is 10.9. The number of benzene rings is 2. The van der Waals surface area contributed by atoms with Crippen LogP contribution in [0.2, 0.25) is 0 Å². The predicted octanol–water partition coefficient (Wildman–Crippen LogP) is 4.16. The van der Waals surface area contributed by atoms with Crippen molar-refractivity contribution in [3.05, 3.63) is 71.8 Å². The maximum atomic E-state index is 14.2. The number of ether oxygens (including phenoxy) is 1. The Morgan fingerprint density at radius 2 is 1.46 bits per heavy atom. The molecule has 0 saturated heterocycles. The highest BCUT2D eigenvalue weighted by Gasteiger charge is 2.16. The average molecular weight is 336 g/mol. The number of hydrogen-bond acceptors (Lipinski definition) is 2. The lowest BCUT2D eigenvalue weighted by Gasteiger charge is -2.11. The summed E-state index contributed by atoms with van der Waals surface area (Å²) in [5.41, 5.74) is -0.121. The molecule has 0 unspecified atom stereocenters. The number of methoxy groups -OCH3 is 1. The van der Waals surface area contributed by atoms with E-state index in [1.165, 1.54) is 17.1 Å². The predicted molar refractivity (Wildman–Crippen MR) is 79.6 cm³/mol. The van der Waals surface area contributed by atoms with Gasteiger partial charge >= 0.3 is 0 Å². The number of hydrogen-bond donors (Lipinski definition) is 0. The van der Waals surface area contributed by atoms with Crippen LogP contribution in [0.4, 0.5) is 17.6 Å². The molecule has 0 amide bonds. The third kappa shape index (κ3) is 2.97. The zero-order valence-corrected chi connectivity index (χ0v) is 12.6. The van der Waals surface area contributed by atoms with E-state index in [0.717, 1.165) is 31.4 Å². The Labute approximate surface area is 135 Å². The molecule has 124 valence electrons. The first-order chi connectivity index (χ1) is 11.5. The monoisotopic (exact) mass is 336 g/mol. The lowest BCUT2D eigenvalue weighted by molar-refractivity contribution is 0.360. The van der Waals surface area contributed by atoms with Crippen LogP contribution in [0.3, 0.4) is 0 Å². The van der Waals surface area contributed by atoms with Gasteiger partial charge < -0.3 is 9.30 Å². The molecule has 24 heavy (non-hydrogen) atoms. The van der Waals surface area contributed by atoms with E-state index >= 15 is 0 Å². The van der Waals surface area contributed by atoms with E-state index in [0.29, 0.717) is 0 Å². The van der Waals surface area contributed by atoms with E-state index in [4.69, 9.17) is 0 Å². The van der Waals surface area contributed by atoms with Gasteiger partial charge in [0.2, 0.25) is 0 Å². The van der Waals surface area contributed by atoms with Crippen LogP contribution >= 0.6 is 0 Å². The molecule has 0 aliphatic carbocycles. The molecular weight excluding hydrogens is 324 g/mol. The maximum absolute atomic E-state index is 14.2. The minimum absolute atomic E-state index is 0.0118. The molecule has 0 bridgehead atoms. The van der Waals surface area contributed by atoms with E-state index < -0.39 is 29.0 Å². The highest BCUT2D eigenvalue weighted by molar-refractivity contribution is 5.65. The molecule has 0 aliphatic heterocycles. The minimum atomic E-state index is -0.948. The van der Waals surface area contributed by atoms with Gasteiger partial charge in [-0.2, -0.15) is 0 Å². The number of nitrogens with zero attached hydrogens (tertiary/aromatic N) is 2. The highest BCUT2D eigenvalue weighted by atomic mass is 19.1. The van der Waals surface area contributed by atoms with E-state index in [-0.39, 0.29) is 23.2 Å². The standard InChI is InChI=1S/C17H12F4N2O/c1-24-17-15(20)6-11(7-16(17)21)10-4-13(18)12(14(19)5-10)8-23-3-2-22-9-23/h2-7,9H,8H2,1H3. The number of halogens is 4. The third-order valence-electron chi connectivity index (χ3n) is 3.58. The Balaban J connectivity index is 2.01. The molecule has 0 radical (unpaired) electrons. The molecule has 0 atom stereocenters. The van der Waals surface area contributed by atoms with Crippen LogP contribution in [0.25, 0.3) is 11.1 Å². The fourth-order valence-corrected chi connectivity index (χ4v) is 2.41. The third-order valence-corrected chi connectivity index (χ3v) is 3.58. The van der Waals surface area contributed by atoms with E-state index in [9.17, 15) is 17.6 Å². The molecule has 1 aromatic heterocycles. The molecular formula is C17H12F4N2O. The number of imidazole rings is 1. The Morgan fingerprint density at radius 3 is 1.92 bits per heavy atom. The summed E-state index contributed by atoms with van der Waals surface area (Å²) in [7, 11) is 1.13.